The number of ketones is 1. The highest BCUT2D eigenvalue weighted by atomic mass is 16.5. The second kappa shape index (κ2) is 6.54. The first-order chi connectivity index (χ1) is 13.1. The van der Waals surface area contributed by atoms with E-state index >= 15 is 0 Å². The predicted octanol–water partition coefficient (Wildman–Crippen LogP) is 2.66. The molecule has 4 rings (SSSR count). The van der Waals surface area contributed by atoms with Crippen molar-refractivity contribution in [2.75, 3.05) is 13.7 Å². The summed E-state index contributed by atoms with van der Waals surface area (Å²) in [4.78, 5) is 39.6. The molecule has 1 fully saturated rings. The third-order valence-corrected chi connectivity index (χ3v) is 5.36. The second-order valence-corrected chi connectivity index (χ2v) is 6.86. The van der Waals surface area contributed by atoms with Gasteiger partial charge < -0.3 is 10.1 Å². The number of fused-ring (bicyclic) bond motifs is 2. The van der Waals surface area contributed by atoms with Gasteiger partial charge in [-0.1, -0.05) is 36.4 Å². The number of hydrogen-bond donors (Lipinski definition) is 1. The van der Waals surface area contributed by atoms with Gasteiger partial charge in [-0.15, -0.1) is 0 Å². The molecule has 1 heterocycles. The Morgan fingerprint density at radius 2 is 1.89 bits per heavy atom. The third-order valence-electron chi connectivity index (χ3n) is 5.36. The van der Waals surface area contributed by atoms with Gasteiger partial charge >= 0.3 is 6.03 Å². The van der Waals surface area contributed by atoms with E-state index in [1.807, 2.05) is 24.3 Å². The van der Waals surface area contributed by atoms with Crippen molar-refractivity contribution in [3.63, 3.8) is 0 Å². The molecule has 1 atom stereocenters. The number of hydrogen-bond acceptors (Lipinski definition) is 4. The van der Waals surface area contributed by atoms with Gasteiger partial charge in [-0.2, -0.15) is 0 Å². The van der Waals surface area contributed by atoms with E-state index in [1.54, 1.807) is 24.3 Å². The fraction of sp³-hybridized carbons (Fsp3) is 0.286. The average molecular weight is 364 g/mol. The van der Waals surface area contributed by atoms with Crippen molar-refractivity contribution in [2.45, 2.75) is 24.8 Å². The van der Waals surface area contributed by atoms with E-state index in [4.69, 9.17) is 4.74 Å². The number of benzene rings is 2. The number of ether oxygens (including phenoxy) is 1. The number of carbonyl (C=O) groups is 3. The third kappa shape index (κ3) is 2.68. The number of aryl methyl sites for hydroxylation is 1. The second-order valence-electron chi connectivity index (χ2n) is 6.86. The smallest absolute Gasteiger partial charge is 0.325 e. The minimum absolute atomic E-state index is 0.311. The number of imide groups is 1. The Morgan fingerprint density at radius 3 is 2.70 bits per heavy atom. The van der Waals surface area contributed by atoms with Crippen molar-refractivity contribution in [3.8, 4) is 5.75 Å². The molecule has 0 saturated carbocycles. The first-order valence-corrected chi connectivity index (χ1v) is 8.95. The molecule has 1 aliphatic heterocycles. The molecular formula is C21H20N2O4. The Labute approximate surface area is 157 Å². The van der Waals surface area contributed by atoms with Gasteiger partial charge in [0.2, 0.25) is 0 Å². The van der Waals surface area contributed by atoms with Crippen LogP contribution in [0.1, 0.15) is 34.3 Å². The lowest BCUT2D eigenvalue weighted by Gasteiger charge is -2.33. The van der Waals surface area contributed by atoms with Crippen molar-refractivity contribution in [2.24, 2.45) is 0 Å². The zero-order chi connectivity index (χ0) is 19.0. The van der Waals surface area contributed by atoms with Gasteiger partial charge in [0.1, 0.15) is 11.3 Å². The van der Waals surface area contributed by atoms with Crippen molar-refractivity contribution in [1.82, 2.24) is 10.2 Å². The topological polar surface area (TPSA) is 75.7 Å². The van der Waals surface area contributed by atoms with Gasteiger partial charge in [0, 0.05) is 0 Å². The van der Waals surface area contributed by atoms with Crippen LogP contribution in [-0.2, 0) is 16.8 Å². The highest BCUT2D eigenvalue weighted by molar-refractivity contribution is 6.12. The van der Waals surface area contributed by atoms with E-state index in [0.717, 1.165) is 28.9 Å². The predicted molar refractivity (Wildman–Crippen MR) is 98.6 cm³/mol. The SMILES string of the molecule is COc1ccccc1C(=O)CN1C(=O)N[C@]2(CCCc3ccccc32)C1=O. The molecule has 138 valence electrons. The van der Waals surface area contributed by atoms with Crippen LogP contribution >= 0.6 is 0 Å². The lowest BCUT2D eigenvalue weighted by atomic mass is 9.76. The number of methoxy groups -OCH3 is 1. The molecule has 27 heavy (non-hydrogen) atoms. The molecule has 6 nitrogen and oxygen atoms in total. The van der Waals surface area contributed by atoms with Crippen LogP contribution < -0.4 is 10.1 Å². The van der Waals surface area contributed by atoms with Crippen molar-refractivity contribution >= 4 is 17.7 Å². The number of amides is 3. The first kappa shape index (κ1) is 17.3. The normalized spacial score (nSPS) is 21.1. The van der Waals surface area contributed by atoms with Crippen LogP contribution in [0.25, 0.3) is 0 Å². The summed E-state index contributed by atoms with van der Waals surface area (Å²) in [5, 5.41) is 2.86. The maximum Gasteiger partial charge on any atom is 0.325 e. The van der Waals surface area contributed by atoms with Crippen LogP contribution in [0.3, 0.4) is 0 Å². The summed E-state index contributed by atoms with van der Waals surface area (Å²) < 4.78 is 5.22. The van der Waals surface area contributed by atoms with Gasteiger partial charge in [0.15, 0.2) is 5.78 Å². The molecule has 3 amide bonds. The van der Waals surface area contributed by atoms with Crippen molar-refractivity contribution in [1.29, 1.82) is 0 Å². The number of rotatable bonds is 4. The minimum Gasteiger partial charge on any atom is -0.496 e. The highest BCUT2D eigenvalue weighted by Gasteiger charge is 2.54. The molecule has 1 spiro atoms. The summed E-state index contributed by atoms with van der Waals surface area (Å²) in [6.45, 7) is -0.311. The lowest BCUT2D eigenvalue weighted by Crippen LogP contribution is -2.46. The number of carbonyl (C=O) groups excluding carboxylic acids is 3. The highest BCUT2D eigenvalue weighted by Crippen LogP contribution is 2.40. The zero-order valence-electron chi connectivity index (χ0n) is 15.0. The number of para-hydroxylation sites is 1. The molecule has 2 aromatic rings. The van der Waals surface area contributed by atoms with Crippen LogP contribution in [-0.4, -0.2) is 36.3 Å². The molecule has 6 heteroatoms. The lowest BCUT2D eigenvalue weighted by molar-refractivity contribution is -0.131. The molecule has 1 saturated heterocycles. The van der Waals surface area contributed by atoms with Gasteiger partial charge in [-0.3, -0.25) is 14.5 Å². The number of nitrogens with one attached hydrogen (secondary N) is 1. The molecule has 0 radical (unpaired) electrons. The summed E-state index contributed by atoms with van der Waals surface area (Å²) in [5.74, 6) is -0.271. The summed E-state index contributed by atoms with van der Waals surface area (Å²) in [7, 11) is 1.48. The molecule has 2 aliphatic rings. The number of Topliss-reactive ketones (excluding diaryl/α,β-unsaturated/α-hetero) is 1. The monoisotopic (exact) mass is 364 g/mol. The van der Waals surface area contributed by atoms with Crippen molar-refractivity contribution in [3.05, 3.63) is 65.2 Å². The zero-order valence-corrected chi connectivity index (χ0v) is 15.0. The Morgan fingerprint density at radius 1 is 1.15 bits per heavy atom. The first-order valence-electron chi connectivity index (χ1n) is 8.95. The van der Waals surface area contributed by atoms with E-state index in [1.165, 1.54) is 7.11 Å². The summed E-state index contributed by atoms with van der Waals surface area (Å²) in [6.07, 6.45) is 2.21. The Balaban J connectivity index is 1.64. The van der Waals surface area contributed by atoms with Crippen LogP contribution in [0.4, 0.5) is 4.79 Å². The largest absolute Gasteiger partial charge is 0.496 e. The van der Waals surface area contributed by atoms with Crippen LogP contribution in [0.2, 0.25) is 0 Å². The maximum atomic E-state index is 13.2. The van der Waals surface area contributed by atoms with Crippen LogP contribution in [0, 0.1) is 0 Å². The maximum absolute atomic E-state index is 13.2. The van der Waals surface area contributed by atoms with Crippen LogP contribution in [0.5, 0.6) is 5.75 Å². The Kier molecular flexibility index (Phi) is 4.18. The van der Waals surface area contributed by atoms with E-state index in [0.29, 0.717) is 17.7 Å². The fourth-order valence-electron chi connectivity index (χ4n) is 4.06. The Bertz CT molecular complexity index is 939. The molecular weight excluding hydrogens is 344 g/mol. The minimum atomic E-state index is -1.06. The van der Waals surface area contributed by atoms with E-state index in [-0.39, 0.29) is 18.2 Å². The average Bonchev–Trinajstić information content (AvgIpc) is 2.93. The van der Waals surface area contributed by atoms with Crippen molar-refractivity contribution < 1.29 is 19.1 Å². The number of nitrogens with zero attached hydrogens (tertiary/aromatic N) is 1. The standard InChI is InChI=1S/C21H20N2O4/c1-27-18-11-5-3-9-15(18)17(24)13-23-19(25)21(22-20(23)26)12-6-8-14-7-2-4-10-16(14)21/h2-5,7,9-11H,6,8,12-13H2,1H3,(H,22,26)/t21-/m0/s1. The molecule has 2 aromatic carbocycles. The van der Waals surface area contributed by atoms with Gasteiger partial charge in [0.05, 0.1) is 19.2 Å². The summed E-state index contributed by atoms with van der Waals surface area (Å²) >= 11 is 0. The van der Waals surface area contributed by atoms with E-state index in [2.05, 4.69) is 5.32 Å². The number of urea groups is 1. The Hall–Kier alpha value is -3.15. The fourth-order valence-corrected chi connectivity index (χ4v) is 4.06. The van der Waals surface area contributed by atoms with Gasteiger partial charge in [0.25, 0.3) is 5.91 Å². The van der Waals surface area contributed by atoms with Gasteiger partial charge in [-0.05, 0) is 42.5 Å². The molecule has 1 N–H and O–H groups in total. The van der Waals surface area contributed by atoms with Crippen LogP contribution in [0.15, 0.2) is 48.5 Å². The summed E-state index contributed by atoms with van der Waals surface area (Å²) in [5.41, 5.74) is 1.19. The van der Waals surface area contributed by atoms with E-state index in [9.17, 15) is 14.4 Å². The quantitative estimate of drug-likeness (QED) is 0.668. The summed E-state index contributed by atoms with van der Waals surface area (Å²) in [6, 6.07) is 13.9. The van der Waals surface area contributed by atoms with Gasteiger partial charge in [-0.25, -0.2) is 4.79 Å². The molecule has 0 unspecified atom stereocenters. The molecule has 1 aliphatic carbocycles. The van der Waals surface area contributed by atoms with E-state index < -0.39 is 11.6 Å². The molecule has 0 aromatic heterocycles. The molecule has 0 bridgehead atoms.